The van der Waals surface area contributed by atoms with E-state index in [0.717, 1.165) is 11.8 Å². The minimum Gasteiger partial charge on any atom is -0.149 e. The number of thiophene rings is 1. The van der Waals surface area contributed by atoms with Crippen molar-refractivity contribution in [3.63, 3.8) is 0 Å². The third-order valence-corrected chi connectivity index (χ3v) is 3.41. The van der Waals surface area contributed by atoms with Crippen LogP contribution in [-0.4, -0.2) is 0 Å². The molecular weight excluding hydrogens is 164 g/mol. The van der Waals surface area contributed by atoms with Gasteiger partial charge in [-0.25, -0.2) is 0 Å². The Morgan fingerprint density at radius 2 is 2.17 bits per heavy atom. The molecule has 1 unspecified atom stereocenters. The van der Waals surface area contributed by atoms with Gasteiger partial charge in [-0.2, -0.15) is 0 Å². The van der Waals surface area contributed by atoms with E-state index in [-0.39, 0.29) is 0 Å². The number of hydrogen-bond donors (Lipinski definition) is 0. The Bertz CT molecular complexity index is 199. The van der Waals surface area contributed by atoms with Crippen LogP contribution in [0.2, 0.25) is 0 Å². The van der Waals surface area contributed by atoms with Crippen LogP contribution in [0.15, 0.2) is 17.5 Å². The van der Waals surface area contributed by atoms with Crippen molar-refractivity contribution in [3.8, 4) is 0 Å². The summed E-state index contributed by atoms with van der Waals surface area (Å²) in [4.78, 5) is 1.54. The van der Waals surface area contributed by atoms with Gasteiger partial charge in [-0.05, 0) is 29.7 Å². The van der Waals surface area contributed by atoms with Crippen LogP contribution in [0.1, 0.15) is 32.1 Å². The van der Waals surface area contributed by atoms with Crippen molar-refractivity contribution in [2.75, 3.05) is 0 Å². The highest BCUT2D eigenvalue weighted by Gasteiger charge is 2.11. The highest BCUT2D eigenvalue weighted by molar-refractivity contribution is 7.09. The van der Waals surface area contributed by atoms with Crippen LogP contribution in [0, 0.1) is 11.8 Å². The first-order valence-corrected chi connectivity index (χ1v) is 5.64. The van der Waals surface area contributed by atoms with Gasteiger partial charge in [0.15, 0.2) is 0 Å². The fourth-order valence-electron chi connectivity index (χ4n) is 1.54. The molecule has 1 rings (SSSR count). The Hall–Kier alpha value is -0.300. The Labute approximate surface area is 79.6 Å². The summed E-state index contributed by atoms with van der Waals surface area (Å²) in [5, 5.41) is 2.17. The molecule has 1 atom stereocenters. The van der Waals surface area contributed by atoms with Gasteiger partial charge >= 0.3 is 0 Å². The molecule has 0 aliphatic carbocycles. The lowest BCUT2D eigenvalue weighted by Crippen LogP contribution is -2.09. The normalized spacial score (nSPS) is 13.7. The predicted molar refractivity (Wildman–Crippen MR) is 56.6 cm³/mol. The lowest BCUT2D eigenvalue weighted by Gasteiger charge is -2.17. The van der Waals surface area contributed by atoms with Crippen molar-refractivity contribution in [1.29, 1.82) is 0 Å². The SMILES string of the molecule is CCC(Cc1cccs1)C(C)C. The zero-order chi connectivity index (χ0) is 8.97. The van der Waals surface area contributed by atoms with Crippen molar-refractivity contribution in [1.82, 2.24) is 0 Å². The summed E-state index contributed by atoms with van der Waals surface area (Å²) in [5.74, 6) is 1.68. The van der Waals surface area contributed by atoms with Gasteiger partial charge < -0.3 is 0 Å². The van der Waals surface area contributed by atoms with Gasteiger partial charge in [0.25, 0.3) is 0 Å². The first-order valence-electron chi connectivity index (χ1n) is 4.76. The summed E-state index contributed by atoms with van der Waals surface area (Å²) < 4.78 is 0. The number of rotatable bonds is 4. The van der Waals surface area contributed by atoms with Gasteiger partial charge in [-0.15, -0.1) is 11.3 Å². The molecule has 1 aromatic rings. The van der Waals surface area contributed by atoms with E-state index in [4.69, 9.17) is 0 Å². The molecule has 12 heavy (non-hydrogen) atoms. The highest BCUT2D eigenvalue weighted by atomic mass is 32.1. The second-order valence-electron chi connectivity index (χ2n) is 3.70. The van der Waals surface area contributed by atoms with Gasteiger partial charge in [0.2, 0.25) is 0 Å². The van der Waals surface area contributed by atoms with Crippen LogP contribution in [0.3, 0.4) is 0 Å². The molecule has 0 fully saturated rings. The molecule has 0 aliphatic heterocycles. The Kier molecular flexibility index (Phi) is 3.80. The molecule has 0 N–H and O–H groups in total. The van der Waals surface area contributed by atoms with Crippen molar-refractivity contribution in [2.45, 2.75) is 33.6 Å². The van der Waals surface area contributed by atoms with E-state index in [1.165, 1.54) is 17.7 Å². The third kappa shape index (κ3) is 2.63. The fourth-order valence-corrected chi connectivity index (χ4v) is 2.34. The van der Waals surface area contributed by atoms with Crippen LogP contribution in [-0.2, 0) is 6.42 Å². The van der Waals surface area contributed by atoms with Crippen LogP contribution < -0.4 is 0 Å². The Morgan fingerprint density at radius 1 is 1.42 bits per heavy atom. The zero-order valence-electron chi connectivity index (χ0n) is 8.21. The summed E-state index contributed by atoms with van der Waals surface area (Å²) in [6.07, 6.45) is 2.57. The fraction of sp³-hybridized carbons (Fsp3) is 0.636. The smallest absolute Gasteiger partial charge is 0.00480 e. The van der Waals surface area contributed by atoms with Gasteiger partial charge in [-0.1, -0.05) is 33.3 Å². The highest BCUT2D eigenvalue weighted by Crippen LogP contribution is 2.22. The lowest BCUT2D eigenvalue weighted by atomic mass is 9.90. The maximum Gasteiger partial charge on any atom is 0.00480 e. The quantitative estimate of drug-likeness (QED) is 0.661. The van der Waals surface area contributed by atoms with Gasteiger partial charge in [-0.3, -0.25) is 0 Å². The van der Waals surface area contributed by atoms with Crippen molar-refractivity contribution in [2.24, 2.45) is 11.8 Å². The number of hydrogen-bond acceptors (Lipinski definition) is 1. The minimum absolute atomic E-state index is 0.817. The molecule has 0 aliphatic rings. The molecule has 0 aromatic carbocycles. The lowest BCUT2D eigenvalue weighted by molar-refractivity contribution is 0.373. The van der Waals surface area contributed by atoms with E-state index < -0.39 is 0 Å². The molecule has 68 valence electrons. The van der Waals surface area contributed by atoms with Crippen molar-refractivity contribution < 1.29 is 0 Å². The Balaban J connectivity index is 2.48. The predicted octanol–water partition coefficient (Wildman–Crippen LogP) is 3.97. The molecule has 0 saturated heterocycles. The zero-order valence-corrected chi connectivity index (χ0v) is 9.03. The third-order valence-electron chi connectivity index (χ3n) is 2.51. The van der Waals surface area contributed by atoms with Crippen LogP contribution in [0.4, 0.5) is 0 Å². The second-order valence-corrected chi connectivity index (χ2v) is 4.73. The Morgan fingerprint density at radius 3 is 2.58 bits per heavy atom. The maximum absolute atomic E-state index is 2.32. The molecule has 0 radical (unpaired) electrons. The van der Waals surface area contributed by atoms with Crippen LogP contribution in [0.25, 0.3) is 0 Å². The van der Waals surface area contributed by atoms with Crippen molar-refractivity contribution >= 4 is 11.3 Å². The molecule has 0 bridgehead atoms. The molecule has 0 saturated carbocycles. The molecule has 1 heterocycles. The first-order chi connectivity index (χ1) is 5.74. The van der Waals surface area contributed by atoms with E-state index in [1.54, 1.807) is 0 Å². The molecule has 0 spiro atoms. The van der Waals surface area contributed by atoms with E-state index in [2.05, 4.69) is 38.3 Å². The summed E-state index contributed by atoms with van der Waals surface area (Å²) >= 11 is 1.88. The summed E-state index contributed by atoms with van der Waals surface area (Å²) in [7, 11) is 0. The van der Waals surface area contributed by atoms with E-state index in [9.17, 15) is 0 Å². The maximum atomic E-state index is 2.32. The molecule has 0 nitrogen and oxygen atoms in total. The van der Waals surface area contributed by atoms with E-state index >= 15 is 0 Å². The molecule has 0 amide bonds. The molecule has 1 heteroatoms. The van der Waals surface area contributed by atoms with Crippen LogP contribution in [0.5, 0.6) is 0 Å². The summed E-state index contributed by atoms with van der Waals surface area (Å²) in [6, 6.07) is 4.39. The van der Waals surface area contributed by atoms with Gasteiger partial charge in [0.05, 0.1) is 0 Å². The van der Waals surface area contributed by atoms with Crippen LogP contribution >= 0.6 is 11.3 Å². The van der Waals surface area contributed by atoms with Crippen molar-refractivity contribution in [3.05, 3.63) is 22.4 Å². The average molecular weight is 182 g/mol. The first kappa shape index (κ1) is 9.79. The van der Waals surface area contributed by atoms with E-state index in [1.807, 2.05) is 11.3 Å². The topological polar surface area (TPSA) is 0 Å². The average Bonchev–Trinajstić information content (AvgIpc) is 2.51. The standard InChI is InChI=1S/C11H18S/c1-4-10(9(2)3)8-11-6-5-7-12-11/h5-7,9-10H,4,8H2,1-3H3. The minimum atomic E-state index is 0.817. The largest absolute Gasteiger partial charge is 0.149 e. The van der Waals surface area contributed by atoms with E-state index in [0.29, 0.717) is 0 Å². The molecule has 1 aromatic heterocycles. The monoisotopic (exact) mass is 182 g/mol. The van der Waals surface area contributed by atoms with Gasteiger partial charge in [0.1, 0.15) is 0 Å². The molecular formula is C11H18S. The summed E-state index contributed by atoms with van der Waals surface area (Å²) in [5.41, 5.74) is 0. The van der Waals surface area contributed by atoms with Gasteiger partial charge in [0, 0.05) is 4.88 Å². The second kappa shape index (κ2) is 4.66. The summed E-state index contributed by atoms with van der Waals surface area (Å²) in [6.45, 7) is 6.93.